The van der Waals surface area contributed by atoms with Gasteiger partial charge in [-0.3, -0.25) is 9.59 Å². The Hall–Kier alpha value is -3.02. The number of unbranched alkanes of at least 4 members (excludes halogenated alkanes) is 2. The number of nitrogen functional groups attached to an aromatic ring is 2. The smallest absolute Gasteiger partial charge is 0.303 e. The van der Waals surface area contributed by atoms with Gasteiger partial charge in [-0.05, 0) is 85.0 Å². The number of hydrogen-bond donors (Lipinski definition) is 4. The van der Waals surface area contributed by atoms with E-state index in [0.29, 0.717) is 24.2 Å². The van der Waals surface area contributed by atoms with Crippen LogP contribution in [0.3, 0.4) is 0 Å². The van der Waals surface area contributed by atoms with E-state index >= 15 is 0 Å². The number of aryl methyl sites for hydroxylation is 2. The van der Waals surface area contributed by atoms with Gasteiger partial charge in [0.25, 0.3) is 0 Å². The van der Waals surface area contributed by atoms with Crippen LogP contribution in [-0.2, 0) is 22.4 Å². The Labute approximate surface area is 165 Å². The lowest BCUT2D eigenvalue weighted by Gasteiger charge is -2.12. The van der Waals surface area contributed by atoms with Crippen LogP contribution in [0, 0.1) is 0 Å². The van der Waals surface area contributed by atoms with Crippen LogP contribution in [0.5, 0.6) is 0 Å². The molecule has 0 heterocycles. The highest BCUT2D eigenvalue weighted by atomic mass is 16.4. The van der Waals surface area contributed by atoms with Gasteiger partial charge in [-0.2, -0.15) is 0 Å². The Balaban J connectivity index is 2.09. The Morgan fingerprint density at radius 1 is 0.679 bits per heavy atom. The van der Waals surface area contributed by atoms with Crippen molar-refractivity contribution >= 4 is 23.3 Å². The van der Waals surface area contributed by atoms with Crippen LogP contribution in [0.4, 0.5) is 11.4 Å². The van der Waals surface area contributed by atoms with Gasteiger partial charge in [-0.25, -0.2) is 0 Å². The average molecular weight is 384 g/mol. The van der Waals surface area contributed by atoms with E-state index in [4.69, 9.17) is 21.7 Å². The largest absolute Gasteiger partial charge is 0.481 e. The number of anilines is 2. The fourth-order valence-corrected chi connectivity index (χ4v) is 3.19. The molecule has 0 radical (unpaired) electrons. The van der Waals surface area contributed by atoms with Crippen LogP contribution in [0.1, 0.15) is 49.7 Å². The second-order valence-corrected chi connectivity index (χ2v) is 7.03. The van der Waals surface area contributed by atoms with Gasteiger partial charge >= 0.3 is 11.9 Å². The molecule has 0 aliphatic carbocycles. The van der Waals surface area contributed by atoms with Crippen LogP contribution in [0.2, 0.25) is 0 Å². The van der Waals surface area contributed by atoms with E-state index in [2.05, 4.69) is 12.1 Å². The molecule has 28 heavy (non-hydrogen) atoms. The summed E-state index contributed by atoms with van der Waals surface area (Å²) in [5, 5.41) is 17.5. The van der Waals surface area contributed by atoms with Gasteiger partial charge in [-0.1, -0.05) is 12.1 Å². The van der Waals surface area contributed by atoms with Crippen molar-refractivity contribution < 1.29 is 19.8 Å². The second kappa shape index (κ2) is 10.3. The van der Waals surface area contributed by atoms with Crippen molar-refractivity contribution in [3.05, 3.63) is 47.5 Å². The number of nitrogens with two attached hydrogens (primary N) is 2. The van der Waals surface area contributed by atoms with Crippen LogP contribution in [0.25, 0.3) is 11.1 Å². The third-order valence-corrected chi connectivity index (χ3v) is 4.79. The van der Waals surface area contributed by atoms with Crippen molar-refractivity contribution in [1.82, 2.24) is 0 Å². The van der Waals surface area contributed by atoms with Crippen molar-refractivity contribution in [3.8, 4) is 11.1 Å². The molecular weight excluding hydrogens is 356 g/mol. The van der Waals surface area contributed by atoms with E-state index < -0.39 is 11.9 Å². The van der Waals surface area contributed by atoms with E-state index in [-0.39, 0.29) is 12.8 Å². The molecule has 0 aliphatic heterocycles. The quantitative estimate of drug-likeness (QED) is 0.341. The number of carbonyl (C=O) groups is 2. The highest BCUT2D eigenvalue weighted by molar-refractivity contribution is 5.71. The van der Waals surface area contributed by atoms with Gasteiger partial charge in [-0.15, -0.1) is 0 Å². The molecule has 0 saturated heterocycles. The summed E-state index contributed by atoms with van der Waals surface area (Å²) < 4.78 is 0. The minimum Gasteiger partial charge on any atom is -0.481 e. The fourth-order valence-electron chi connectivity index (χ4n) is 3.19. The zero-order chi connectivity index (χ0) is 20.5. The monoisotopic (exact) mass is 384 g/mol. The average Bonchev–Trinajstić information content (AvgIpc) is 2.64. The maximum Gasteiger partial charge on any atom is 0.303 e. The van der Waals surface area contributed by atoms with Gasteiger partial charge in [0.2, 0.25) is 0 Å². The van der Waals surface area contributed by atoms with Crippen LogP contribution >= 0.6 is 0 Å². The first-order valence-electron chi connectivity index (χ1n) is 9.57. The minimum absolute atomic E-state index is 0.169. The molecule has 2 rings (SSSR count). The molecule has 0 spiro atoms. The third kappa shape index (κ3) is 6.61. The maximum atomic E-state index is 10.6. The standard InChI is InChI=1S/C22H28N2O4/c23-19-11-9-15(13-17(19)5-1-3-7-21(25)26)16-10-12-20(24)18(14-16)6-2-4-8-22(27)28/h9-14H,1-8,23-24H2,(H,25,26)(H,27,28). The summed E-state index contributed by atoms with van der Waals surface area (Å²) in [5.41, 5.74) is 17.7. The van der Waals surface area contributed by atoms with Crippen molar-refractivity contribution in [1.29, 1.82) is 0 Å². The van der Waals surface area contributed by atoms with E-state index in [0.717, 1.165) is 47.9 Å². The summed E-state index contributed by atoms with van der Waals surface area (Å²) in [4.78, 5) is 21.3. The van der Waals surface area contributed by atoms with Gasteiger partial charge < -0.3 is 21.7 Å². The minimum atomic E-state index is -0.778. The normalized spacial score (nSPS) is 10.7. The van der Waals surface area contributed by atoms with E-state index in [1.165, 1.54) is 0 Å². The van der Waals surface area contributed by atoms with Crippen molar-refractivity contribution in [2.24, 2.45) is 0 Å². The summed E-state index contributed by atoms with van der Waals surface area (Å²) in [5.74, 6) is -1.56. The Morgan fingerprint density at radius 3 is 1.43 bits per heavy atom. The summed E-state index contributed by atoms with van der Waals surface area (Å²) in [6.07, 6.45) is 4.62. The Morgan fingerprint density at radius 2 is 1.07 bits per heavy atom. The summed E-state index contributed by atoms with van der Waals surface area (Å²) in [6, 6.07) is 11.8. The summed E-state index contributed by atoms with van der Waals surface area (Å²) in [7, 11) is 0. The van der Waals surface area contributed by atoms with Crippen molar-refractivity contribution in [2.75, 3.05) is 11.5 Å². The lowest BCUT2D eigenvalue weighted by Crippen LogP contribution is -1.99. The van der Waals surface area contributed by atoms with Gasteiger partial charge in [0, 0.05) is 24.2 Å². The zero-order valence-electron chi connectivity index (χ0n) is 16.0. The van der Waals surface area contributed by atoms with Crippen molar-refractivity contribution in [2.45, 2.75) is 51.4 Å². The summed E-state index contributed by atoms with van der Waals surface area (Å²) in [6.45, 7) is 0. The highest BCUT2D eigenvalue weighted by Crippen LogP contribution is 2.28. The Bertz CT molecular complexity index is 764. The van der Waals surface area contributed by atoms with Crippen LogP contribution in [0.15, 0.2) is 36.4 Å². The number of carboxylic acid groups (broad SMARTS) is 2. The van der Waals surface area contributed by atoms with E-state index in [9.17, 15) is 9.59 Å². The lowest BCUT2D eigenvalue weighted by molar-refractivity contribution is -0.138. The third-order valence-electron chi connectivity index (χ3n) is 4.79. The Kier molecular flexibility index (Phi) is 7.87. The predicted molar refractivity (Wildman–Crippen MR) is 111 cm³/mol. The van der Waals surface area contributed by atoms with Gasteiger partial charge in [0.1, 0.15) is 0 Å². The molecule has 0 unspecified atom stereocenters. The topological polar surface area (TPSA) is 127 Å². The zero-order valence-corrected chi connectivity index (χ0v) is 16.0. The molecule has 6 nitrogen and oxygen atoms in total. The molecular formula is C22H28N2O4. The van der Waals surface area contributed by atoms with E-state index in [1.54, 1.807) is 0 Å². The lowest BCUT2D eigenvalue weighted by atomic mass is 9.95. The molecule has 6 N–H and O–H groups in total. The maximum absolute atomic E-state index is 10.6. The molecule has 0 amide bonds. The molecule has 0 bridgehead atoms. The van der Waals surface area contributed by atoms with Gasteiger partial charge in [0.05, 0.1) is 0 Å². The molecule has 6 heteroatoms. The van der Waals surface area contributed by atoms with Crippen LogP contribution in [-0.4, -0.2) is 22.2 Å². The molecule has 150 valence electrons. The second-order valence-electron chi connectivity index (χ2n) is 7.03. The first-order valence-corrected chi connectivity index (χ1v) is 9.57. The first-order chi connectivity index (χ1) is 13.4. The number of carboxylic acids is 2. The summed E-state index contributed by atoms with van der Waals surface area (Å²) >= 11 is 0. The van der Waals surface area contributed by atoms with E-state index in [1.807, 2.05) is 24.3 Å². The number of aliphatic carboxylic acids is 2. The molecule has 2 aromatic rings. The van der Waals surface area contributed by atoms with Crippen LogP contribution < -0.4 is 11.5 Å². The van der Waals surface area contributed by atoms with Crippen molar-refractivity contribution in [3.63, 3.8) is 0 Å². The number of hydrogen-bond acceptors (Lipinski definition) is 4. The molecule has 0 aliphatic rings. The molecule has 2 aromatic carbocycles. The molecule has 0 fully saturated rings. The fraction of sp³-hybridized carbons (Fsp3) is 0.364. The first kappa shape index (κ1) is 21.3. The SMILES string of the molecule is Nc1ccc(-c2ccc(N)c(CCCCC(=O)O)c2)cc1CCCCC(=O)O. The number of rotatable bonds is 11. The highest BCUT2D eigenvalue weighted by Gasteiger charge is 2.08. The molecule has 0 saturated carbocycles. The predicted octanol–water partition coefficient (Wildman–Crippen LogP) is 4.11. The van der Waals surface area contributed by atoms with Gasteiger partial charge in [0.15, 0.2) is 0 Å². The molecule has 0 aromatic heterocycles. The number of benzene rings is 2. The molecule has 0 atom stereocenters.